The quantitative estimate of drug-likeness (QED) is 0.232. The molecule has 0 aliphatic heterocycles. The summed E-state index contributed by atoms with van der Waals surface area (Å²) in [4.78, 5) is 0. The smallest absolute Gasteiger partial charge is 0.223 e. The van der Waals surface area contributed by atoms with Crippen molar-refractivity contribution in [2.45, 2.75) is 6.92 Å². The van der Waals surface area contributed by atoms with Gasteiger partial charge in [-0.3, -0.25) is 0 Å². The van der Waals surface area contributed by atoms with E-state index < -0.39 is 8.07 Å². The molecule has 0 aliphatic carbocycles. The first kappa shape index (κ1) is 20.6. The fourth-order valence-corrected chi connectivity index (χ4v) is 10.8. The van der Waals surface area contributed by atoms with E-state index in [0.29, 0.717) is 0 Å². The number of para-hydroxylation sites is 1. The summed E-state index contributed by atoms with van der Waals surface area (Å²) < 4.78 is 15.5. The lowest BCUT2D eigenvalue weighted by Gasteiger charge is -2.31. The molecule has 0 saturated carbocycles. The van der Waals surface area contributed by atoms with Crippen LogP contribution in [0.3, 0.4) is 0 Å². The molecule has 176 valence electrons. The number of aromatic nitrogens is 1. The van der Waals surface area contributed by atoms with Crippen molar-refractivity contribution >= 4 is 67.5 Å². The van der Waals surface area contributed by atoms with Crippen molar-refractivity contribution in [1.82, 2.24) is 4.40 Å². The van der Waals surface area contributed by atoms with Crippen LogP contribution in [0.15, 0.2) is 130 Å². The second-order valence-electron chi connectivity index (χ2n) is 9.78. The average Bonchev–Trinajstić information content (AvgIpc) is 3.68. The maximum absolute atomic E-state index is 7.05. The molecule has 0 atom stereocenters. The summed E-state index contributed by atoms with van der Waals surface area (Å²) in [5, 5.41) is 7.19. The second kappa shape index (κ2) is 7.48. The van der Waals surface area contributed by atoms with Crippen LogP contribution in [-0.4, -0.2) is 12.5 Å². The van der Waals surface area contributed by atoms with Crippen LogP contribution in [0.4, 0.5) is 0 Å². The zero-order valence-corrected chi connectivity index (χ0v) is 21.3. The predicted octanol–water partition coefficient (Wildman–Crippen LogP) is 5.71. The Bertz CT molecular complexity index is 1940. The van der Waals surface area contributed by atoms with E-state index in [1.807, 2.05) is 6.92 Å². The number of hydrogen-bond donors (Lipinski definition) is 0. The number of aryl methyl sites for hydroxylation is 1. The van der Waals surface area contributed by atoms with E-state index in [9.17, 15) is 0 Å². The number of benzene rings is 4. The maximum Gasteiger partial charge on any atom is 0.223 e. The van der Waals surface area contributed by atoms with Gasteiger partial charge in [0.25, 0.3) is 0 Å². The van der Waals surface area contributed by atoms with Crippen LogP contribution >= 0.6 is 0 Å². The van der Waals surface area contributed by atoms with Crippen LogP contribution in [0.2, 0.25) is 0 Å². The Morgan fingerprint density at radius 2 is 1.03 bits per heavy atom. The summed E-state index contributed by atoms with van der Waals surface area (Å²) in [6.45, 7) is 2.01. The molecule has 8 rings (SSSR count). The fourth-order valence-electron chi connectivity index (χ4n) is 6.30. The monoisotopic (exact) mass is 493 g/mol. The zero-order valence-electron chi connectivity index (χ0n) is 20.3. The molecule has 0 fully saturated rings. The molecule has 0 saturated heterocycles. The summed E-state index contributed by atoms with van der Waals surface area (Å²) in [5.41, 5.74) is 5.24. The molecule has 0 radical (unpaired) electrons. The molecule has 4 aromatic carbocycles. The van der Waals surface area contributed by atoms with Crippen LogP contribution in [0, 0.1) is 6.92 Å². The van der Waals surface area contributed by atoms with Crippen LogP contribution in [0.25, 0.3) is 38.5 Å². The van der Waals surface area contributed by atoms with Crippen molar-refractivity contribution < 1.29 is 8.83 Å². The van der Waals surface area contributed by atoms with Gasteiger partial charge in [-0.25, -0.2) is 0 Å². The van der Waals surface area contributed by atoms with Gasteiger partial charge in [0.1, 0.15) is 11.1 Å². The molecule has 8 aromatic rings. The van der Waals surface area contributed by atoms with Crippen molar-refractivity contribution in [3.63, 3.8) is 0 Å². The molecule has 0 bridgehead atoms. The van der Waals surface area contributed by atoms with Crippen LogP contribution < -0.4 is 20.9 Å². The zero-order chi connectivity index (χ0) is 24.6. The van der Waals surface area contributed by atoms with Crippen LogP contribution in [-0.2, 0) is 0 Å². The minimum atomic E-state index is -2.74. The highest BCUT2D eigenvalue weighted by atomic mass is 28.3. The lowest BCUT2D eigenvalue weighted by atomic mass is 10.2. The molecule has 0 amide bonds. The van der Waals surface area contributed by atoms with Crippen molar-refractivity contribution in [1.29, 1.82) is 0 Å². The van der Waals surface area contributed by atoms with E-state index in [-0.39, 0.29) is 0 Å². The highest BCUT2D eigenvalue weighted by Gasteiger charge is 2.45. The molecule has 37 heavy (non-hydrogen) atoms. The Balaban J connectivity index is 1.55. The van der Waals surface area contributed by atoms with Crippen molar-refractivity contribution in [2.75, 3.05) is 0 Å². The van der Waals surface area contributed by atoms with E-state index in [2.05, 4.69) is 126 Å². The van der Waals surface area contributed by atoms with E-state index in [4.69, 9.17) is 8.83 Å². The summed E-state index contributed by atoms with van der Waals surface area (Å²) in [5.74, 6) is 0.916. The standard InChI is InChI=1S/C33H23NO2Si/c1-22-20-28-32(35-22)26-18-11-19-27-31(26)34(28)29-21-30(36-33(27)29)37(23-12-5-2-6-13-23,24-14-7-3-8-15-24)25-16-9-4-10-17-25/h2-21H,1H3. The Labute approximate surface area is 214 Å². The normalized spacial score (nSPS) is 12.5. The maximum atomic E-state index is 7.05. The molecule has 4 aromatic heterocycles. The first-order valence-electron chi connectivity index (χ1n) is 12.6. The lowest BCUT2D eigenvalue weighted by Crippen LogP contribution is -2.74. The predicted molar refractivity (Wildman–Crippen MR) is 154 cm³/mol. The van der Waals surface area contributed by atoms with Crippen LogP contribution in [0.1, 0.15) is 5.76 Å². The molecule has 0 aliphatic rings. The van der Waals surface area contributed by atoms with Gasteiger partial charge in [-0.15, -0.1) is 0 Å². The van der Waals surface area contributed by atoms with E-state index in [0.717, 1.165) is 44.1 Å². The minimum absolute atomic E-state index is 0.916. The SMILES string of the molecule is Cc1cc2c(o1)c1cccc3c4oc([Si](c5ccccc5)(c5ccccc5)c5ccccc5)cc4n2c13. The molecule has 4 heteroatoms. The van der Waals surface area contributed by atoms with Gasteiger partial charge in [0, 0.05) is 22.9 Å². The van der Waals surface area contributed by atoms with Gasteiger partial charge < -0.3 is 13.2 Å². The fraction of sp³-hybridized carbons (Fsp3) is 0.0303. The van der Waals surface area contributed by atoms with Gasteiger partial charge >= 0.3 is 0 Å². The summed E-state index contributed by atoms with van der Waals surface area (Å²) >= 11 is 0. The molecular weight excluding hydrogens is 470 g/mol. The highest BCUT2D eigenvalue weighted by molar-refractivity contribution is 7.19. The number of hydrogen-bond acceptors (Lipinski definition) is 2. The number of fused-ring (bicyclic) bond motifs is 6. The first-order chi connectivity index (χ1) is 18.3. The van der Waals surface area contributed by atoms with Gasteiger partial charge in [0.05, 0.1) is 16.6 Å². The Hall–Kier alpha value is -4.54. The topological polar surface area (TPSA) is 30.7 Å². The lowest BCUT2D eigenvalue weighted by molar-refractivity contribution is 0.581. The van der Waals surface area contributed by atoms with E-state index in [1.165, 1.54) is 21.1 Å². The second-order valence-corrected chi connectivity index (χ2v) is 13.5. The van der Waals surface area contributed by atoms with Crippen molar-refractivity contribution in [3.05, 3.63) is 127 Å². The molecule has 0 spiro atoms. The summed E-state index contributed by atoms with van der Waals surface area (Å²) in [7, 11) is -2.74. The third-order valence-electron chi connectivity index (χ3n) is 7.77. The number of rotatable bonds is 4. The van der Waals surface area contributed by atoms with E-state index >= 15 is 0 Å². The Kier molecular flexibility index (Phi) is 4.17. The highest BCUT2D eigenvalue weighted by Crippen LogP contribution is 2.40. The van der Waals surface area contributed by atoms with Gasteiger partial charge in [-0.2, -0.15) is 0 Å². The van der Waals surface area contributed by atoms with Gasteiger partial charge in [-0.05, 0) is 34.6 Å². The largest absolute Gasteiger partial charge is 0.463 e. The van der Waals surface area contributed by atoms with Gasteiger partial charge in [0.15, 0.2) is 11.2 Å². The van der Waals surface area contributed by atoms with Crippen molar-refractivity contribution in [2.24, 2.45) is 0 Å². The molecule has 0 N–H and O–H groups in total. The summed E-state index contributed by atoms with van der Waals surface area (Å²) in [6.07, 6.45) is 0. The number of nitrogens with zero attached hydrogens (tertiary/aromatic N) is 1. The molecular formula is C33H23NO2Si. The third-order valence-corrected chi connectivity index (χ3v) is 12.4. The molecule has 4 heterocycles. The van der Waals surface area contributed by atoms with Crippen LogP contribution in [0.5, 0.6) is 0 Å². The van der Waals surface area contributed by atoms with E-state index in [1.54, 1.807) is 0 Å². The first-order valence-corrected chi connectivity index (χ1v) is 14.6. The van der Waals surface area contributed by atoms with Gasteiger partial charge in [0.2, 0.25) is 8.07 Å². The summed E-state index contributed by atoms with van der Waals surface area (Å²) in [6, 6.07) is 43.5. The van der Waals surface area contributed by atoms with Crippen molar-refractivity contribution in [3.8, 4) is 0 Å². The third kappa shape index (κ3) is 2.65. The minimum Gasteiger partial charge on any atom is -0.463 e. The Morgan fingerprint density at radius 1 is 0.541 bits per heavy atom. The Morgan fingerprint density at radius 3 is 1.57 bits per heavy atom. The molecule has 0 unspecified atom stereocenters. The molecule has 3 nitrogen and oxygen atoms in total. The average molecular weight is 494 g/mol. The van der Waals surface area contributed by atoms with Gasteiger partial charge in [-0.1, -0.05) is 97.1 Å². The number of furan rings is 2.